The zero-order valence-corrected chi connectivity index (χ0v) is 19.5. The molecule has 34 heavy (non-hydrogen) atoms. The molecule has 0 spiro atoms. The number of benzene rings is 2. The van der Waals surface area contributed by atoms with Gasteiger partial charge in [-0.05, 0) is 42.0 Å². The summed E-state index contributed by atoms with van der Waals surface area (Å²) in [4.78, 5) is 30.0. The molecule has 2 aromatic rings. The lowest BCUT2D eigenvalue weighted by atomic mass is 9.95. The summed E-state index contributed by atoms with van der Waals surface area (Å²) in [5.74, 6) is -0.969. The van der Waals surface area contributed by atoms with E-state index in [1.807, 2.05) is 6.07 Å². The van der Waals surface area contributed by atoms with Gasteiger partial charge in [0.15, 0.2) is 0 Å². The van der Waals surface area contributed by atoms with E-state index in [4.69, 9.17) is 21.1 Å². The van der Waals surface area contributed by atoms with E-state index in [0.717, 1.165) is 13.1 Å². The van der Waals surface area contributed by atoms with Crippen LogP contribution < -0.4 is 4.74 Å². The van der Waals surface area contributed by atoms with Gasteiger partial charge >= 0.3 is 0 Å². The molecule has 2 aliphatic heterocycles. The number of rotatable bonds is 8. The Kier molecular flexibility index (Phi) is 7.67. The van der Waals surface area contributed by atoms with Crippen molar-refractivity contribution in [1.29, 1.82) is 0 Å². The second-order valence-electron chi connectivity index (χ2n) is 8.13. The fourth-order valence-corrected chi connectivity index (χ4v) is 4.43. The van der Waals surface area contributed by atoms with E-state index in [9.17, 15) is 14.7 Å². The molecule has 7 nitrogen and oxygen atoms in total. The molecule has 4 rings (SSSR count). The lowest BCUT2D eigenvalue weighted by Gasteiger charge is -2.31. The van der Waals surface area contributed by atoms with Crippen molar-refractivity contribution in [2.75, 3.05) is 46.0 Å². The van der Waals surface area contributed by atoms with Crippen LogP contribution in [0.3, 0.4) is 0 Å². The minimum atomic E-state index is -0.739. The van der Waals surface area contributed by atoms with Gasteiger partial charge in [0.2, 0.25) is 0 Å². The monoisotopic (exact) mass is 482 g/mol. The number of halogens is 1. The highest BCUT2D eigenvalue weighted by atomic mass is 35.5. The van der Waals surface area contributed by atoms with Crippen LogP contribution in [0.4, 0.5) is 0 Å². The smallest absolute Gasteiger partial charge is 0.295 e. The number of Topliss-reactive ketones (excluding diaryl/α,β-unsaturated/α-hetero) is 1. The number of hydrogen-bond acceptors (Lipinski definition) is 6. The number of carbonyl (C=O) groups excluding carboxylic acids is 2. The summed E-state index contributed by atoms with van der Waals surface area (Å²) in [7, 11) is 0. The molecule has 0 bridgehead atoms. The number of ketones is 1. The molecule has 0 aliphatic carbocycles. The van der Waals surface area contributed by atoms with Gasteiger partial charge in [-0.25, -0.2) is 0 Å². The third-order valence-electron chi connectivity index (χ3n) is 5.96. The maximum absolute atomic E-state index is 13.1. The fourth-order valence-electron chi connectivity index (χ4n) is 4.23. The number of nitrogens with zero attached hydrogens (tertiary/aromatic N) is 2. The number of carbonyl (C=O) groups is 2. The third-order valence-corrected chi connectivity index (χ3v) is 6.20. The van der Waals surface area contributed by atoms with Crippen molar-refractivity contribution in [3.8, 4) is 5.75 Å². The highest BCUT2D eigenvalue weighted by Gasteiger charge is 2.46. The first kappa shape index (κ1) is 24.0. The predicted octanol–water partition coefficient (Wildman–Crippen LogP) is 3.66. The molecule has 1 amide bonds. The largest absolute Gasteiger partial charge is 0.507 e. The molecule has 2 heterocycles. The van der Waals surface area contributed by atoms with Crippen LogP contribution in [0.2, 0.25) is 5.02 Å². The number of morpholine rings is 1. The standard InChI is InChI=1S/C26H27ClN2O5/c1-2-14-34-21-8-6-18(7-9-21)24(30)22-23(19-4-3-5-20(27)17-19)29(26(32)25(22)31)11-10-28-12-15-33-16-13-28/h2-9,17,23,30H,1,10-16H2/b24-22-. The van der Waals surface area contributed by atoms with E-state index in [0.29, 0.717) is 54.8 Å². The lowest BCUT2D eigenvalue weighted by Crippen LogP contribution is -2.42. The Balaban J connectivity index is 1.69. The Bertz CT molecular complexity index is 1090. The van der Waals surface area contributed by atoms with E-state index in [1.165, 1.54) is 4.90 Å². The first-order valence-electron chi connectivity index (χ1n) is 11.2. The van der Waals surface area contributed by atoms with E-state index < -0.39 is 17.7 Å². The summed E-state index contributed by atoms with van der Waals surface area (Å²) in [6.45, 7) is 7.74. The molecule has 2 aliphatic rings. The lowest BCUT2D eigenvalue weighted by molar-refractivity contribution is -0.140. The molecule has 1 atom stereocenters. The minimum Gasteiger partial charge on any atom is -0.507 e. The number of aliphatic hydroxyl groups is 1. The molecular formula is C26H27ClN2O5. The first-order chi connectivity index (χ1) is 16.5. The Hall–Kier alpha value is -3.13. The van der Waals surface area contributed by atoms with Gasteiger partial charge in [0.05, 0.1) is 24.8 Å². The Morgan fingerprint density at radius 1 is 1.15 bits per heavy atom. The second kappa shape index (κ2) is 10.9. The van der Waals surface area contributed by atoms with Crippen molar-refractivity contribution >= 4 is 29.1 Å². The van der Waals surface area contributed by atoms with Crippen LogP contribution in [0.1, 0.15) is 17.2 Å². The minimum absolute atomic E-state index is 0.0500. The summed E-state index contributed by atoms with van der Waals surface area (Å²) in [5.41, 5.74) is 1.14. The van der Waals surface area contributed by atoms with Crippen LogP contribution in [-0.2, 0) is 14.3 Å². The van der Waals surface area contributed by atoms with Crippen molar-refractivity contribution in [2.45, 2.75) is 6.04 Å². The molecule has 8 heteroatoms. The summed E-state index contributed by atoms with van der Waals surface area (Å²) in [6.07, 6.45) is 1.64. The molecule has 0 aromatic heterocycles. The fraction of sp³-hybridized carbons (Fsp3) is 0.308. The first-order valence-corrected chi connectivity index (χ1v) is 11.6. The molecule has 1 N–H and O–H groups in total. The topological polar surface area (TPSA) is 79.3 Å². The van der Waals surface area contributed by atoms with Gasteiger partial charge in [0, 0.05) is 36.8 Å². The highest BCUT2D eigenvalue weighted by Crippen LogP contribution is 2.40. The van der Waals surface area contributed by atoms with E-state index >= 15 is 0 Å². The van der Waals surface area contributed by atoms with Gasteiger partial charge in [0.25, 0.3) is 11.7 Å². The summed E-state index contributed by atoms with van der Waals surface area (Å²) in [5, 5.41) is 11.7. The predicted molar refractivity (Wildman–Crippen MR) is 130 cm³/mol. The maximum atomic E-state index is 13.1. The highest BCUT2D eigenvalue weighted by molar-refractivity contribution is 6.46. The summed E-state index contributed by atoms with van der Waals surface area (Å²) < 4.78 is 10.9. The molecule has 178 valence electrons. The maximum Gasteiger partial charge on any atom is 0.295 e. The molecule has 0 radical (unpaired) electrons. The van der Waals surface area contributed by atoms with E-state index in [1.54, 1.807) is 48.5 Å². The van der Waals surface area contributed by atoms with Crippen molar-refractivity contribution in [1.82, 2.24) is 9.80 Å². The van der Waals surface area contributed by atoms with Gasteiger partial charge < -0.3 is 19.5 Å². The molecule has 0 saturated carbocycles. The summed E-state index contributed by atoms with van der Waals surface area (Å²) >= 11 is 6.24. The Morgan fingerprint density at radius 2 is 1.88 bits per heavy atom. The number of likely N-dealkylation sites (tertiary alicyclic amines) is 1. The zero-order valence-electron chi connectivity index (χ0n) is 18.8. The van der Waals surface area contributed by atoms with Gasteiger partial charge in [-0.15, -0.1) is 0 Å². The zero-order chi connectivity index (χ0) is 24.1. The number of aliphatic hydroxyl groups excluding tert-OH is 1. The van der Waals surface area contributed by atoms with Gasteiger partial charge in [-0.3, -0.25) is 14.5 Å². The van der Waals surface area contributed by atoms with Crippen LogP contribution in [0.15, 0.2) is 66.8 Å². The van der Waals surface area contributed by atoms with Crippen molar-refractivity contribution in [3.05, 3.63) is 82.9 Å². The van der Waals surface area contributed by atoms with Crippen molar-refractivity contribution in [2.24, 2.45) is 0 Å². The molecule has 2 aromatic carbocycles. The quantitative estimate of drug-likeness (QED) is 0.268. The average molecular weight is 483 g/mol. The molecular weight excluding hydrogens is 456 g/mol. The number of ether oxygens (including phenoxy) is 2. The van der Waals surface area contributed by atoms with Gasteiger partial charge in [-0.1, -0.05) is 36.4 Å². The number of amides is 1. The van der Waals surface area contributed by atoms with Crippen LogP contribution in [0.25, 0.3) is 5.76 Å². The molecule has 2 saturated heterocycles. The Morgan fingerprint density at radius 3 is 2.56 bits per heavy atom. The molecule has 2 fully saturated rings. The average Bonchev–Trinajstić information content (AvgIpc) is 3.11. The van der Waals surface area contributed by atoms with E-state index in [2.05, 4.69) is 11.5 Å². The van der Waals surface area contributed by atoms with Crippen molar-refractivity contribution in [3.63, 3.8) is 0 Å². The summed E-state index contributed by atoms with van der Waals surface area (Å²) in [6, 6.07) is 13.0. The number of hydrogen-bond donors (Lipinski definition) is 1. The SMILES string of the molecule is C=CCOc1ccc(/C(O)=C2/C(=O)C(=O)N(CCN3CCOCC3)C2c2cccc(Cl)c2)cc1. The third kappa shape index (κ3) is 5.17. The van der Waals surface area contributed by atoms with Crippen LogP contribution >= 0.6 is 11.6 Å². The van der Waals surface area contributed by atoms with Crippen LogP contribution in [0.5, 0.6) is 5.75 Å². The van der Waals surface area contributed by atoms with Crippen LogP contribution in [0, 0.1) is 0 Å². The van der Waals surface area contributed by atoms with Gasteiger partial charge in [-0.2, -0.15) is 0 Å². The van der Waals surface area contributed by atoms with Crippen LogP contribution in [-0.4, -0.2) is 72.6 Å². The normalized spacial score (nSPS) is 20.5. The molecule has 1 unspecified atom stereocenters. The van der Waals surface area contributed by atoms with Gasteiger partial charge in [0.1, 0.15) is 18.1 Å². The second-order valence-corrected chi connectivity index (χ2v) is 8.56. The van der Waals surface area contributed by atoms with E-state index in [-0.39, 0.29) is 11.3 Å². The van der Waals surface area contributed by atoms with Crippen molar-refractivity contribution < 1.29 is 24.2 Å². The Labute approximate surface area is 203 Å².